The summed E-state index contributed by atoms with van der Waals surface area (Å²) in [5, 5.41) is 14.7. The minimum absolute atomic E-state index is 0.0547. The van der Waals surface area contributed by atoms with Gasteiger partial charge in [-0.2, -0.15) is 14.8 Å². The maximum atomic E-state index is 14.2. The standard InChI is InChI=1S/C22H22FN7O2/c23-15-7-16(20(24)31)17-11-28-30(18(17)8-15)22-29-21-14(10-25-12-27-21)6-19(32-22)26-9-13-4-2-1-3-5-13/h1-5,7-8,11,19,25-27H,6,9-10,12H2,(H2,24,31). The van der Waals surface area contributed by atoms with Gasteiger partial charge in [-0.15, -0.1) is 0 Å². The fourth-order valence-electron chi connectivity index (χ4n) is 3.86. The van der Waals surface area contributed by atoms with Crippen molar-refractivity contribution < 1.29 is 13.9 Å². The van der Waals surface area contributed by atoms with Gasteiger partial charge in [0.25, 0.3) is 0 Å². The molecule has 5 rings (SSSR count). The van der Waals surface area contributed by atoms with Crippen molar-refractivity contribution in [1.82, 2.24) is 25.7 Å². The van der Waals surface area contributed by atoms with Crippen molar-refractivity contribution in [3.05, 3.63) is 77.0 Å². The Bertz CT molecular complexity index is 1240. The van der Waals surface area contributed by atoms with Crippen LogP contribution in [0.1, 0.15) is 22.3 Å². The van der Waals surface area contributed by atoms with E-state index in [1.54, 1.807) is 0 Å². The molecule has 1 unspecified atom stereocenters. The second-order valence-corrected chi connectivity index (χ2v) is 7.61. The van der Waals surface area contributed by atoms with E-state index in [0.29, 0.717) is 42.9 Å². The van der Waals surface area contributed by atoms with Crippen LogP contribution in [0.3, 0.4) is 0 Å². The number of aromatic nitrogens is 2. The van der Waals surface area contributed by atoms with Gasteiger partial charge in [-0.25, -0.2) is 4.39 Å². The van der Waals surface area contributed by atoms with Crippen molar-refractivity contribution in [1.29, 1.82) is 0 Å². The van der Waals surface area contributed by atoms with E-state index < -0.39 is 18.0 Å². The molecule has 5 N–H and O–H groups in total. The zero-order valence-corrected chi connectivity index (χ0v) is 17.1. The smallest absolute Gasteiger partial charge is 0.321 e. The summed E-state index contributed by atoms with van der Waals surface area (Å²) in [5.41, 5.74) is 8.00. The highest BCUT2D eigenvalue weighted by Gasteiger charge is 2.26. The topological polar surface area (TPSA) is 119 Å². The molecule has 0 fully saturated rings. The maximum absolute atomic E-state index is 14.2. The number of rotatable bonds is 4. The lowest BCUT2D eigenvalue weighted by atomic mass is 10.1. The Morgan fingerprint density at radius 2 is 2.16 bits per heavy atom. The minimum Gasteiger partial charge on any atom is -0.444 e. The van der Waals surface area contributed by atoms with Gasteiger partial charge in [0.15, 0.2) is 6.23 Å². The van der Waals surface area contributed by atoms with Crippen LogP contribution in [0.15, 0.2) is 65.0 Å². The molecule has 164 valence electrons. The van der Waals surface area contributed by atoms with Gasteiger partial charge in [0.1, 0.15) is 11.6 Å². The number of benzene rings is 2. The van der Waals surface area contributed by atoms with Gasteiger partial charge in [-0.05, 0) is 17.2 Å². The first-order chi connectivity index (χ1) is 15.6. The Balaban J connectivity index is 1.52. The molecule has 3 heterocycles. The quantitative estimate of drug-likeness (QED) is 0.492. The number of halogens is 1. The molecule has 2 aliphatic rings. The predicted octanol–water partition coefficient (Wildman–Crippen LogP) is 1.38. The number of fused-ring (bicyclic) bond motifs is 1. The van der Waals surface area contributed by atoms with Crippen molar-refractivity contribution in [2.24, 2.45) is 10.7 Å². The third kappa shape index (κ3) is 3.93. The van der Waals surface area contributed by atoms with E-state index >= 15 is 0 Å². The van der Waals surface area contributed by atoms with Crippen molar-refractivity contribution in [3.63, 3.8) is 0 Å². The van der Waals surface area contributed by atoms with E-state index in [9.17, 15) is 9.18 Å². The first-order valence-corrected chi connectivity index (χ1v) is 10.3. The van der Waals surface area contributed by atoms with Gasteiger partial charge in [0.05, 0.1) is 23.9 Å². The third-order valence-electron chi connectivity index (χ3n) is 5.42. The number of hydrogen-bond donors (Lipinski definition) is 4. The fraction of sp³-hybridized carbons (Fsp3) is 0.227. The van der Waals surface area contributed by atoms with Crippen molar-refractivity contribution in [2.45, 2.75) is 19.2 Å². The van der Waals surface area contributed by atoms with Crippen LogP contribution < -0.4 is 21.7 Å². The predicted molar refractivity (Wildman–Crippen MR) is 117 cm³/mol. The summed E-state index contributed by atoms with van der Waals surface area (Å²) in [7, 11) is 0. The molecule has 0 saturated heterocycles. The van der Waals surface area contributed by atoms with E-state index in [-0.39, 0.29) is 11.6 Å². The molecule has 2 aromatic carbocycles. The lowest BCUT2D eigenvalue weighted by Crippen LogP contribution is -2.38. The van der Waals surface area contributed by atoms with Crippen LogP contribution in [0.2, 0.25) is 0 Å². The molecular formula is C22H22FN7O2. The maximum Gasteiger partial charge on any atom is 0.321 e. The van der Waals surface area contributed by atoms with Crippen LogP contribution in [-0.4, -0.2) is 41.2 Å². The highest BCUT2D eigenvalue weighted by atomic mass is 19.1. The average Bonchev–Trinajstić information content (AvgIpc) is 3.12. The highest BCUT2D eigenvalue weighted by Crippen LogP contribution is 2.24. The Morgan fingerprint density at radius 1 is 1.31 bits per heavy atom. The molecule has 0 spiro atoms. The molecule has 1 amide bonds. The Kier molecular flexibility index (Phi) is 5.29. The van der Waals surface area contributed by atoms with E-state index in [1.165, 1.54) is 16.9 Å². The van der Waals surface area contributed by atoms with Crippen LogP contribution >= 0.6 is 0 Å². The lowest BCUT2D eigenvalue weighted by molar-refractivity contribution is 0.100. The SMILES string of the molecule is NC(=O)c1cc(F)cc2c1cnn2C1=NC2=C(CNCN2)CC(NCc2ccccc2)O1. The summed E-state index contributed by atoms with van der Waals surface area (Å²) in [6, 6.07) is 12.5. The van der Waals surface area contributed by atoms with Crippen molar-refractivity contribution in [3.8, 4) is 0 Å². The Labute approximate surface area is 183 Å². The minimum atomic E-state index is -0.731. The number of carbonyl (C=O) groups is 1. The number of nitrogens with one attached hydrogen (secondary N) is 3. The van der Waals surface area contributed by atoms with Crippen LogP contribution in [0, 0.1) is 5.82 Å². The van der Waals surface area contributed by atoms with Crippen LogP contribution in [0.25, 0.3) is 10.9 Å². The molecule has 0 radical (unpaired) electrons. The van der Waals surface area contributed by atoms with Crippen molar-refractivity contribution in [2.75, 3.05) is 13.2 Å². The number of hydrogen-bond acceptors (Lipinski definition) is 7. The summed E-state index contributed by atoms with van der Waals surface area (Å²) in [4.78, 5) is 16.4. The highest BCUT2D eigenvalue weighted by molar-refractivity contribution is 6.06. The number of ether oxygens (including phenoxy) is 1. The van der Waals surface area contributed by atoms with Gasteiger partial charge < -0.3 is 15.8 Å². The number of amides is 1. The zero-order chi connectivity index (χ0) is 22.1. The first-order valence-electron chi connectivity index (χ1n) is 10.3. The summed E-state index contributed by atoms with van der Waals surface area (Å²) < 4.78 is 21.8. The first kappa shape index (κ1) is 20.2. The number of nitrogens with zero attached hydrogens (tertiary/aromatic N) is 3. The lowest BCUT2D eigenvalue weighted by Gasteiger charge is -2.22. The van der Waals surface area contributed by atoms with E-state index in [4.69, 9.17) is 10.5 Å². The molecule has 0 saturated carbocycles. The zero-order valence-electron chi connectivity index (χ0n) is 17.1. The molecule has 1 atom stereocenters. The summed E-state index contributed by atoms with van der Waals surface area (Å²) in [5.74, 6) is -0.635. The van der Waals surface area contributed by atoms with Gasteiger partial charge in [-0.1, -0.05) is 30.3 Å². The van der Waals surface area contributed by atoms with E-state index in [1.807, 2.05) is 30.3 Å². The average molecular weight is 435 g/mol. The molecule has 1 aromatic heterocycles. The molecule has 0 aliphatic carbocycles. The van der Waals surface area contributed by atoms with E-state index in [0.717, 1.165) is 17.2 Å². The molecule has 32 heavy (non-hydrogen) atoms. The van der Waals surface area contributed by atoms with Gasteiger partial charge in [-0.3, -0.25) is 15.4 Å². The second kappa shape index (κ2) is 8.40. The molecule has 2 aliphatic heterocycles. The number of primary amides is 1. The molecule has 10 heteroatoms. The molecule has 0 bridgehead atoms. The number of carbonyl (C=O) groups excluding carboxylic acids is 1. The van der Waals surface area contributed by atoms with Crippen LogP contribution in [0.4, 0.5) is 4.39 Å². The Hall–Kier alpha value is -3.76. The number of nitrogens with two attached hydrogens (primary N) is 1. The van der Waals surface area contributed by atoms with Crippen molar-refractivity contribution >= 4 is 22.8 Å². The molecule has 3 aromatic rings. The fourth-order valence-corrected chi connectivity index (χ4v) is 3.86. The monoisotopic (exact) mass is 435 g/mol. The van der Waals surface area contributed by atoms with Crippen LogP contribution in [-0.2, 0) is 11.3 Å². The van der Waals surface area contributed by atoms with Crippen LogP contribution in [0.5, 0.6) is 0 Å². The van der Waals surface area contributed by atoms with Gasteiger partial charge in [0, 0.05) is 31.0 Å². The molecular weight excluding hydrogens is 413 g/mol. The summed E-state index contributed by atoms with van der Waals surface area (Å²) in [6.07, 6.45) is 1.66. The Morgan fingerprint density at radius 3 is 2.97 bits per heavy atom. The summed E-state index contributed by atoms with van der Waals surface area (Å²) in [6.45, 7) is 1.84. The normalized spacial score (nSPS) is 18.4. The largest absolute Gasteiger partial charge is 0.444 e. The summed E-state index contributed by atoms with van der Waals surface area (Å²) >= 11 is 0. The third-order valence-corrected chi connectivity index (χ3v) is 5.42. The van der Waals surface area contributed by atoms with Gasteiger partial charge in [0.2, 0.25) is 5.91 Å². The second-order valence-electron chi connectivity index (χ2n) is 7.61. The molecule has 9 nitrogen and oxygen atoms in total. The van der Waals surface area contributed by atoms with Gasteiger partial charge >= 0.3 is 6.02 Å². The number of aliphatic imine (C=N–C) groups is 1. The van der Waals surface area contributed by atoms with E-state index in [2.05, 4.69) is 26.0 Å².